The maximum absolute atomic E-state index is 12.2. The second-order valence-electron chi connectivity index (χ2n) is 5.75. The summed E-state index contributed by atoms with van der Waals surface area (Å²) in [7, 11) is 0. The van der Waals surface area contributed by atoms with Crippen LogP contribution in [0.25, 0.3) is 0 Å². The number of hydrogen-bond donors (Lipinski definition) is 1. The van der Waals surface area contributed by atoms with Gasteiger partial charge in [0.05, 0.1) is 5.02 Å². The van der Waals surface area contributed by atoms with Crippen LogP contribution in [-0.4, -0.2) is 18.6 Å². The Morgan fingerprint density at radius 1 is 1.17 bits per heavy atom. The lowest BCUT2D eigenvalue weighted by molar-refractivity contribution is -0.127. The molecule has 23 heavy (non-hydrogen) atoms. The average Bonchev–Trinajstić information content (AvgIpc) is 2.56. The summed E-state index contributed by atoms with van der Waals surface area (Å²) in [5, 5.41) is 3.44. The lowest BCUT2D eigenvalue weighted by Crippen LogP contribution is -2.38. The Bertz CT molecular complexity index is 658. The van der Waals surface area contributed by atoms with Crippen LogP contribution in [0.15, 0.2) is 48.5 Å². The lowest BCUT2D eigenvalue weighted by Gasteiger charge is -2.18. The van der Waals surface area contributed by atoms with Crippen LogP contribution >= 0.6 is 11.6 Å². The van der Waals surface area contributed by atoms with E-state index in [1.807, 2.05) is 37.3 Å². The van der Waals surface area contributed by atoms with Crippen LogP contribution in [0.2, 0.25) is 5.02 Å². The predicted molar refractivity (Wildman–Crippen MR) is 94.1 cm³/mol. The lowest BCUT2D eigenvalue weighted by atomic mass is 10.0. The molecule has 122 valence electrons. The monoisotopic (exact) mass is 331 g/mol. The van der Waals surface area contributed by atoms with Crippen LogP contribution in [0, 0.1) is 6.92 Å². The molecule has 2 unspecified atom stereocenters. The van der Waals surface area contributed by atoms with Gasteiger partial charge in [-0.05, 0) is 43.0 Å². The molecule has 0 heterocycles. The highest BCUT2D eigenvalue weighted by Gasteiger charge is 2.17. The molecular formula is C19H22ClNO2. The van der Waals surface area contributed by atoms with Crippen LogP contribution in [0.3, 0.4) is 0 Å². The second kappa shape index (κ2) is 8.02. The summed E-state index contributed by atoms with van der Waals surface area (Å²) in [4.78, 5) is 12.2. The van der Waals surface area contributed by atoms with Gasteiger partial charge >= 0.3 is 0 Å². The third kappa shape index (κ3) is 5.00. The van der Waals surface area contributed by atoms with Gasteiger partial charge in [-0.25, -0.2) is 0 Å². The minimum atomic E-state index is -0.600. The van der Waals surface area contributed by atoms with E-state index < -0.39 is 6.10 Å². The molecule has 0 aromatic heterocycles. The molecule has 0 aliphatic rings. The van der Waals surface area contributed by atoms with E-state index >= 15 is 0 Å². The van der Waals surface area contributed by atoms with Crippen molar-refractivity contribution in [2.45, 2.75) is 32.8 Å². The zero-order valence-corrected chi connectivity index (χ0v) is 14.4. The van der Waals surface area contributed by atoms with Crippen molar-refractivity contribution in [3.05, 3.63) is 64.7 Å². The summed E-state index contributed by atoms with van der Waals surface area (Å²) in [5.41, 5.74) is 2.23. The number of benzene rings is 2. The van der Waals surface area contributed by atoms with E-state index in [9.17, 15) is 4.79 Å². The fraction of sp³-hybridized carbons (Fsp3) is 0.316. The third-order valence-corrected chi connectivity index (χ3v) is 4.02. The standard InChI is InChI=1S/C19H22ClNO2/c1-13-9-10-17(20)18(11-13)23-15(3)19(22)21-12-14(2)16-7-5-4-6-8-16/h4-11,14-15H,12H2,1-3H3,(H,21,22). The van der Waals surface area contributed by atoms with E-state index in [1.54, 1.807) is 13.0 Å². The first kappa shape index (κ1) is 17.4. The van der Waals surface area contributed by atoms with Gasteiger partial charge in [-0.15, -0.1) is 0 Å². The smallest absolute Gasteiger partial charge is 0.260 e. The number of carbonyl (C=O) groups is 1. The molecule has 0 aliphatic heterocycles. The van der Waals surface area contributed by atoms with Gasteiger partial charge in [0.25, 0.3) is 5.91 Å². The number of rotatable bonds is 6. The van der Waals surface area contributed by atoms with Crippen molar-refractivity contribution in [3.63, 3.8) is 0 Å². The summed E-state index contributed by atoms with van der Waals surface area (Å²) in [6.07, 6.45) is -0.600. The molecule has 3 nitrogen and oxygen atoms in total. The van der Waals surface area contributed by atoms with Gasteiger partial charge in [0.2, 0.25) is 0 Å². The number of ether oxygens (including phenoxy) is 1. The number of hydrogen-bond acceptors (Lipinski definition) is 2. The maximum Gasteiger partial charge on any atom is 0.260 e. The van der Waals surface area contributed by atoms with Crippen LogP contribution in [0.4, 0.5) is 0 Å². The predicted octanol–water partition coefficient (Wildman–Crippen LogP) is 4.34. The van der Waals surface area contributed by atoms with Gasteiger partial charge in [-0.3, -0.25) is 4.79 Å². The number of amides is 1. The van der Waals surface area contributed by atoms with Crippen molar-refractivity contribution in [1.82, 2.24) is 5.32 Å². The van der Waals surface area contributed by atoms with E-state index in [0.717, 1.165) is 5.56 Å². The SMILES string of the molecule is Cc1ccc(Cl)c(OC(C)C(=O)NCC(C)c2ccccc2)c1. The Morgan fingerprint density at radius 3 is 2.57 bits per heavy atom. The largest absolute Gasteiger partial charge is 0.479 e. The van der Waals surface area contributed by atoms with E-state index in [1.165, 1.54) is 5.56 Å². The molecule has 0 spiro atoms. The Hall–Kier alpha value is -2.00. The van der Waals surface area contributed by atoms with Crippen molar-refractivity contribution >= 4 is 17.5 Å². The van der Waals surface area contributed by atoms with Crippen LogP contribution in [0.1, 0.15) is 30.9 Å². The highest BCUT2D eigenvalue weighted by Crippen LogP contribution is 2.26. The summed E-state index contributed by atoms with van der Waals surface area (Å²) in [6.45, 7) is 6.33. The van der Waals surface area contributed by atoms with Gasteiger partial charge in [-0.2, -0.15) is 0 Å². The molecule has 1 N–H and O–H groups in total. The second-order valence-corrected chi connectivity index (χ2v) is 6.16. The summed E-state index contributed by atoms with van der Waals surface area (Å²) in [6, 6.07) is 15.6. The third-order valence-electron chi connectivity index (χ3n) is 3.71. The number of nitrogens with one attached hydrogen (secondary N) is 1. The summed E-state index contributed by atoms with van der Waals surface area (Å²) < 4.78 is 5.68. The van der Waals surface area contributed by atoms with E-state index in [0.29, 0.717) is 17.3 Å². The molecule has 2 aromatic rings. The number of halogens is 1. The first-order valence-corrected chi connectivity index (χ1v) is 8.10. The molecule has 0 fully saturated rings. The van der Waals surface area contributed by atoms with Crippen molar-refractivity contribution in [1.29, 1.82) is 0 Å². The van der Waals surface area contributed by atoms with Crippen LogP contribution < -0.4 is 10.1 Å². The molecule has 4 heteroatoms. The van der Waals surface area contributed by atoms with E-state index in [-0.39, 0.29) is 11.8 Å². The number of carbonyl (C=O) groups excluding carboxylic acids is 1. The molecule has 2 aromatic carbocycles. The zero-order valence-electron chi connectivity index (χ0n) is 13.7. The fourth-order valence-corrected chi connectivity index (χ4v) is 2.40. The van der Waals surface area contributed by atoms with Crippen molar-refractivity contribution < 1.29 is 9.53 Å². The van der Waals surface area contributed by atoms with Crippen LogP contribution in [-0.2, 0) is 4.79 Å². The zero-order chi connectivity index (χ0) is 16.8. The molecule has 1 amide bonds. The summed E-state index contributed by atoms with van der Waals surface area (Å²) >= 11 is 6.10. The fourth-order valence-electron chi connectivity index (χ4n) is 2.24. The van der Waals surface area contributed by atoms with Gasteiger partial charge in [0.15, 0.2) is 6.10 Å². The first-order valence-electron chi connectivity index (χ1n) is 7.73. The Labute approximate surface area is 142 Å². The van der Waals surface area contributed by atoms with Gasteiger partial charge in [0.1, 0.15) is 5.75 Å². The molecule has 0 radical (unpaired) electrons. The first-order chi connectivity index (χ1) is 11.0. The average molecular weight is 332 g/mol. The van der Waals surface area contributed by atoms with E-state index in [4.69, 9.17) is 16.3 Å². The Morgan fingerprint density at radius 2 is 1.87 bits per heavy atom. The summed E-state index contributed by atoms with van der Waals surface area (Å²) in [5.74, 6) is 0.630. The molecule has 2 rings (SSSR count). The minimum Gasteiger partial charge on any atom is -0.479 e. The highest BCUT2D eigenvalue weighted by atomic mass is 35.5. The maximum atomic E-state index is 12.2. The molecule has 2 atom stereocenters. The quantitative estimate of drug-likeness (QED) is 0.855. The minimum absolute atomic E-state index is 0.148. The van der Waals surface area contributed by atoms with Crippen molar-refractivity contribution in [2.75, 3.05) is 6.54 Å². The Kier molecular flexibility index (Phi) is 6.05. The van der Waals surface area contributed by atoms with E-state index in [2.05, 4.69) is 24.4 Å². The van der Waals surface area contributed by atoms with Gasteiger partial charge < -0.3 is 10.1 Å². The van der Waals surface area contributed by atoms with Crippen LogP contribution in [0.5, 0.6) is 5.75 Å². The van der Waals surface area contributed by atoms with Crippen molar-refractivity contribution in [3.8, 4) is 5.75 Å². The molecule has 0 bridgehead atoms. The topological polar surface area (TPSA) is 38.3 Å². The molecule has 0 saturated heterocycles. The number of aryl methyl sites for hydroxylation is 1. The highest BCUT2D eigenvalue weighted by molar-refractivity contribution is 6.32. The Balaban J connectivity index is 1.89. The van der Waals surface area contributed by atoms with Gasteiger partial charge in [-0.1, -0.05) is 54.9 Å². The normalized spacial score (nSPS) is 13.2. The van der Waals surface area contributed by atoms with Crippen molar-refractivity contribution in [2.24, 2.45) is 0 Å². The van der Waals surface area contributed by atoms with Gasteiger partial charge in [0, 0.05) is 6.54 Å². The molecule has 0 aliphatic carbocycles. The molecule has 0 saturated carbocycles. The molecular weight excluding hydrogens is 310 g/mol.